The maximum absolute atomic E-state index is 12.2. The van der Waals surface area contributed by atoms with Crippen LogP contribution >= 0.6 is 11.3 Å². The van der Waals surface area contributed by atoms with E-state index in [2.05, 4.69) is 5.32 Å². The van der Waals surface area contributed by atoms with Gasteiger partial charge in [-0.05, 0) is 23.6 Å². The number of esters is 1. The number of carbonyl (C=O) groups is 3. The molecule has 3 rings (SSSR count). The summed E-state index contributed by atoms with van der Waals surface area (Å²) in [5.41, 5.74) is 0.938. The predicted molar refractivity (Wildman–Crippen MR) is 104 cm³/mol. The summed E-state index contributed by atoms with van der Waals surface area (Å²) in [4.78, 5) is 36.8. The fourth-order valence-corrected chi connectivity index (χ4v) is 3.12. The Labute approximate surface area is 166 Å². The maximum atomic E-state index is 12.2. The van der Waals surface area contributed by atoms with Crippen LogP contribution in [0.15, 0.2) is 72.4 Å². The number of ether oxygens (including phenoxy) is 1. The van der Waals surface area contributed by atoms with Gasteiger partial charge in [-0.3, -0.25) is 9.59 Å². The number of carbonyl (C=O) groups excluding carboxylic acids is 3. The summed E-state index contributed by atoms with van der Waals surface area (Å²) in [6.07, 6.45) is 3.38. The maximum Gasteiger partial charge on any atom is 0.338 e. The summed E-state index contributed by atoms with van der Waals surface area (Å²) in [5, 5.41) is 4.56. The van der Waals surface area contributed by atoms with Crippen molar-refractivity contribution in [3.63, 3.8) is 0 Å². The number of hydrogen-bond donors (Lipinski definition) is 1. The van der Waals surface area contributed by atoms with Crippen molar-refractivity contribution in [1.29, 1.82) is 0 Å². The third kappa shape index (κ3) is 5.34. The third-order valence-corrected chi connectivity index (χ3v) is 4.82. The van der Waals surface area contributed by atoms with Gasteiger partial charge in [0.25, 0.3) is 5.91 Å². The number of rotatable bonds is 8. The Morgan fingerprint density at radius 3 is 2.36 bits per heavy atom. The average molecular weight is 395 g/mol. The van der Waals surface area contributed by atoms with Crippen LogP contribution in [-0.2, 0) is 11.3 Å². The first-order valence-corrected chi connectivity index (χ1v) is 9.57. The smallest absolute Gasteiger partial charge is 0.338 e. The van der Waals surface area contributed by atoms with Crippen molar-refractivity contribution in [2.45, 2.75) is 6.54 Å². The van der Waals surface area contributed by atoms with E-state index >= 15 is 0 Å². The number of benzene rings is 1. The van der Waals surface area contributed by atoms with Crippen LogP contribution in [0.25, 0.3) is 0 Å². The highest BCUT2D eigenvalue weighted by atomic mass is 32.1. The number of ketones is 1. The Balaban J connectivity index is 1.43. The zero-order valence-electron chi connectivity index (χ0n) is 15.0. The molecule has 0 saturated carbocycles. The Morgan fingerprint density at radius 1 is 0.929 bits per heavy atom. The van der Waals surface area contributed by atoms with Crippen LogP contribution in [0.1, 0.15) is 30.4 Å². The summed E-state index contributed by atoms with van der Waals surface area (Å²) in [6, 6.07) is 15.6. The molecule has 2 aromatic heterocycles. The second kappa shape index (κ2) is 9.57. The van der Waals surface area contributed by atoms with Crippen LogP contribution in [0.5, 0.6) is 0 Å². The van der Waals surface area contributed by atoms with Crippen molar-refractivity contribution in [3.8, 4) is 0 Å². The van der Waals surface area contributed by atoms with Crippen molar-refractivity contribution < 1.29 is 23.7 Å². The van der Waals surface area contributed by atoms with Crippen LogP contribution < -0.4 is 9.88 Å². The van der Waals surface area contributed by atoms with Crippen LogP contribution in [0.2, 0.25) is 0 Å². The summed E-state index contributed by atoms with van der Waals surface area (Å²) in [7, 11) is 0. The van der Waals surface area contributed by atoms with E-state index in [0.717, 1.165) is 0 Å². The first-order valence-electron chi connectivity index (χ1n) is 8.69. The van der Waals surface area contributed by atoms with Gasteiger partial charge in [0, 0.05) is 12.1 Å². The van der Waals surface area contributed by atoms with Gasteiger partial charge in [-0.25, -0.2) is 4.79 Å². The van der Waals surface area contributed by atoms with Gasteiger partial charge in [0.2, 0.25) is 12.3 Å². The molecule has 0 radical (unpaired) electrons. The van der Waals surface area contributed by atoms with Gasteiger partial charge in [-0.2, -0.15) is 4.57 Å². The number of hydrogen-bond acceptors (Lipinski definition) is 5. The number of thiophene rings is 1. The largest absolute Gasteiger partial charge is 0.460 e. The third-order valence-electron chi connectivity index (χ3n) is 3.91. The van der Waals surface area contributed by atoms with E-state index in [0.29, 0.717) is 16.0 Å². The van der Waals surface area contributed by atoms with Gasteiger partial charge in [0.15, 0.2) is 12.4 Å². The lowest BCUT2D eigenvalue weighted by molar-refractivity contribution is -0.683. The van der Waals surface area contributed by atoms with Crippen LogP contribution in [-0.4, -0.2) is 30.8 Å². The van der Waals surface area contributed by atoms with E-state index in [1.54, 1.807) is 59.4 Å². The fraction of sp³-hybridized carbons (Fsp3) is 0.143. The van der Waals surface area contributed by atoms with Crippen LogP contribution in [0.3, 0.4) is 0 Å². The second-order valence-electron chi connectivity index (χ2n) is 5.92. The molecule has 0 fully saturated rings. The predicted octanol–water partition coefficient (Wildman–Crippen LogP) is 2.51. The normalized spacial score (nSPS) is 10.3. The Kier molecular flexibility index (Phi) is 6.64. The summed E-state index contributed by atoms with van der Waals surface area (Å²) in [5.74, 6) is -0.670. The number of aromatic nitrogens is 1. The van der Waals surface area contributed by atoms with Gasteiger partial charge < -0.3 is 10.1 Å². The van der Waals surface area contributed by atoms with E-state index in [1.807, 2.05) is 17.5 Å². The van der Waals surface area contributed by atoms with Crippen LogP contribution in [0, 0.1) is 0 Å². The molecule has 3 aromatic rings. The lowest BCUT2D eigenvalue weighted by Gasteiger charge is -2.06. The van der Waals surface area contributed by atoms with Gasteiger partial charge in [0.05, 0.1) is 22.5 Å². The highest BCUT2D eigenvalue weighted by Gasteiger charge is 2.14. The fourth-order valence-electron chi connectivity index (χ4n) is 2.46. The topological polar surface area (TPSA) is 76.3 Å². The quantitative estimate of drug-likeness (QED) is 0.275. The van der Waals surface area contributed by atoms with E-state index in [9.17, 15) is 14.4 Å². The number of amides is 1. The van der Waals surface area contributed by atoms with Gasteiger partial charge in [0.1, 0.15) is 6.61 Å². The summed E-state index contributed by atoms with van der Waals surface area (Å²) >= 11 is 1.41. The molecule has 0 spiro atoms. The van der Waals surface area contributed by atoms with E-state index < -0.39 is 5.97 Å². The Bertz CT molecular complexity index is 938. The van der Waals surface area contributed by atoms with Gasteiger partial charge in [-0.1, -0.05) is 24.3 Å². The lowest BCUT2D eigenvalue weighted by atomic mass is 10.2. The van der Waals surface area contributed by atoms with Crippen molar-refractivity contribution in [2.75, 3.05) is 13.2 Å². The average Bonchev–Trinajstić information content (AvgIpc) is 3.27. The zero-order valence-corrected chi connectivity index (χ0v) is 15.9. The minimum Gasteiger partial charge on any atom is -0.460 e. The molecule has 0 aliphatic heterocycles. The first kappa shape index (κ1) is 19.4. The molecule has 1 aromatic carbocycles. The summed E-state index contributed by atoms with van der Waals surface area (Å²) < 4.78 is 6.84. The van der Waals surface area contributed by atoms with Crippen molar-refractivity contribution in [3.05, 3.63) is 88.4 Å². The molecular weight excluding hydrogens is 376 g/mol. The molecule has 0 bridgehead atoms. The standard InChI is InChI=1S/C21H18N2O4S/c24-18(19-7-4-14-28-19)15-23-11-8-16(9-12-23)20(25)22-10-13-27-21(26)17-5-2-1-3-6-17/h1-9,11-12,14H,10,13,15H2/p+1. The minimum atomic E-state index is -0.425. The molecule has 142 valence electrons. The van der Waals surface area contributed by atoms with Crippen molar-refractivity contribution in [1.82, 2.24) is 5.32 Å². The number of nitrogens with zero attached hydrogens (tertiary/aromatic N) is 1. The molecule has 2 heterocycles. The number of nitrogens with one attached hydrogen (secondary N) is 1. The first-order chi connectivity index (χ1) is 13.6. The SMILES string of the molecule is O=C(NCCOC(=O)c1ccccc1)c1cc[n+](CC(=O)c2cccs2)cc1. The molecule has 7 heteroatoms. The molecule has 28 heavy (non-hydrogen) atoms. The van der Waals surface area contributed by atoms with E-state index in [-0.39, 0.29) is 31.4 Å². The van der Waals surface area contributed by atoms with E-state index in [1.165, 1.54) is 11.3 Å². The number of pyridine rings is 1. The Hall–Kier alpha value is -3.32. The monoisotopic (exact) mass is 395 g/mol. The highest BCUT2D eigenvalue weighted by molar-refractivity contribution is 7.12. The van der Waals surface area contributed by atoms with Crippen molar-refractivity contribution in [2.24, 2.45) is 0 Å². The molecular formula is C21H19N2O4S+. The Morgan fingerprint density at radius 2 is 1.68 bits per heavy atom. The molecule has 0 aliphatic carbocycles. The zero-order chi connectivity index (χ0) is 19.8. The molecule has 0 saturated heterocycles. The molecule has 1 N–H and O–H groups in total. The molecule has 0 atom stereocenters. The molecule has 6 nitrogen and oxygen atoms in total. The minimum absolute atomic E-state index is 0.0254. The van der Waals surface area contributed by atoms with Gasteiger partial charge in [-0.15, -0.1) is 11.3 Å². The molecule has 0 aliphatic rings. The van der Waals surface area contributed by atoms with Crippen LogP contribution in [0.4, 0.5) is 0 Å². The van der Waals surface area contributed by atoms with E-state index in [4.69, 9.17) is 4.74 Å². The highest BCUT2D eigenvalue weighted by Crippen LogP contribution is 2.09. The van der Waals surface area contributed by atoms with Gasteiger partial charge >= 0.3 is 5.97 Å². The lowest BCUT2D eigenvalue weighted by Crippen LogP contribution is -2.37. The second-order valence-corrected chi connectivity index (χ2v) is 6.87. The summed E-state index contributed by atoms with van der Waals surface area (Å²) in [6.45, 7) is 0.516. The molecule has 1 amide bonds. The van der Waals surface area contributed by atoms with Crippen molar-refractivity contribution >= 4 is 29.0 Å². The molecule has 0 unspecified atom stereocenters. The number of Topliss-reactive ketones (excluding diaryl/α,β-unsaturated/α-hetero) is 1.